The molecule has 24 nitrogen and oxygen atoms in total. The van der Waals surface area contributed by atoms with Gasteiger partial charge >= 0.3 is 27.6 Å². The van der Waals surface area contributed by atoms with Crippen LogP contribution in [-0.2, 0) is 84.5 Å². The summed E-state index contributed by atoms with van der Waals surface area (Å²) in [6.07, 6.45) is 58.0. The quantitative estimate of drug-likeness (QED) is 0.0108. The van der Waals surface area contributed by atoms with Crippen molar-refractivity contribution in [2.75, 3.05) is 65.9 Å². The molecule has 0 aromatic rings. The molecule has 6 N–H and O–H groups in total. The summed E-state index contributed by atoms with van der Waals surface area (Å²) in [5.74, 6) is -2.70. The van der Waals surface area contributed by atoms with Crippen molar-refractivity contribution in [1.29, 1.82) is 0 Å². The Kier molecular flexibility index (Phi) is 78.8. The highest BCUT2D eigenvalue weighted by Crippen LogP contribution is 2.44. The van der Waals surface area contributed by atoms with E-state index in [0.717, 1.165) is 128 Å². The summed E-state index contributed by atoms with van der Waals surface area (Å²) in [5.41, 5.74) is 0. The van der Waals surface area contributed by atoms with E-state index in [1.807, 2.05) is 0 Å². The number of nitrogens with one attached hydrogen (secondary N) is 4. The zero-order valence-corrected chi connectivity index (χ0v) is 75.6. The normalized spacial score (nSPS) is 13.8. The first-order valence-corrected chi connectivity index (χ1v) is 49.4. The summed E-state index contributed by atoms with van der Waals surface area (Å²) in [5, 5.41) is 10.8. The number of amides is 4. The Morgan fingerprint density at radius 3 is 0.914 bits per heavy atom. The second-order valence-corrected chi connectivity index (χ2v) is 34.6. The second kappa shape index (κ2) is 81.8. The minimum Gasteiger partial charge on any atom is -0.462 e. The third-order valence-corrected chi connectivity index (χ3v) is 22.3. The molecule has 6 unspecified atom stereocenters. The molecule has 678 valence electrons. The first kappa shape index (κ1) is 112. The maximum Gasteiger partial charge on any atom is 0.472 e. The number of carbonyl (C=O) groups excluding carboxylic acids is 8. The van der Waals surface area contributed by atoms with Crippen molar-refractivity contribution in [1.82, 2.24) is 21.3 Å². The van der Waals surface area contributed by atoms with Gasteiger partial charge in [-0.1, -0.05) is 271 Å². The van der Waals surface area contributed by atoms with Gasteiger partial charge in [0.1, 0.15) is 23.8 Å². The lowest BCUT2D eigenvalue weighted by molar-refractivity contribution is -0.151. The molecule has 0 saturated heterocycles. The molecule has 6 atom stereocenters. The zero-order chi connectivity index (χ0) is 85.3. The standard InChI is InChI=1S/C90H168N4O20P2/c1-7-13-19-25-29-33-37-43-49-57-81(95)73-87(99)93-79(75-107-69-65-83(59-51-41-23-17-11-5)113-89(101)63-55-45-39-35-31-27-21-15-9-3)77-111-115(103,104)109-71-67-91-85(97)61-53-47-48-54-62-86(98)92-68-72-110-116(105,106)112-78-80(94-88(100)74-82(96)58-50-44-38-34-30-26-20-14-8-2)76-108-70-66-84(60-52-42-24-18-12-6)114-90(102)64-56-46-40-36-32-28-22-16-10-4/h35-36,39-40,79-80,83-84H,7-34,37-38,41-78H2,1-6H3,(H,91,97)(H,92,98)(H,93,99)(H,94,100)(H,103,104)(H,105,106). The Labute approximate surface area is 703 Å². The molecule has 0 rings (SSSR count). The molecular weight excluding hydrogens is 1520 g/mol. The summed E-state index contributed by atoms with van der Waals surface area (Å²) in [4.78, 5) is 125. The summed E-state index contributed by atoms with van der Waals surface area (Å²) < 4.78 is 71.2. The van der Waals surface area contributed by atoms with E-state index < -0.39 is 52.8 Å². The predicted octanol–water partition coefficient (Wildman–Crippen LogP) is 21.3. The molecule has 0 bridgehead atoms. The van der Waals surface area contributed by atoms with Crippen molar-refractivity contribution in [3.05, 3.63) is 24.3 Å². The van der Waals surface area contributed by atoms with Crippen molar-refractivity contribution in [3.63, 3.8) is 0 Å². The SMILES string of the molecule is CCCCCCC=CCCCC(=O)OC(CCCCCCC)CCOCC(COP(=O)(O)OCCNC(=O)CCCCCCC(=O)NCCOP(=O)(O)OCC(COCCC(CCCCCCC)OC(=O)CCCC=CCCCCCC)NC(=O)CC(=O)CCCCCCCCCCC)NC(=O)CC(=O)CCCCCCCCCCC. The lowest BCUT2D eigenvalue weighted by Crippen LogP contribution is -2.42. The monoisotopic (exact) mass is 1690 g/mol. The maximum absolute atomic E-state index is 13.2. The molecule has 0 aliphatic carbocycles. The van der Waals surface area contributed by atoms with Crippen molar-refractivity contribution in [2.24, 2.45) is 0 Å². The van der Waals surface area contributed by atoms with E-state index in [4.69, 9.17) is 37.0 Å². The largest absolute Gasteiger partial charge is 0.472 e. The van der Waals surface area contributed by atoms with Crippen LogP contribution < -0.4 is 21.3 Å². The van der Waals surface area contributed by atoms with Crippen LogP contribution in [0.2, 0.25) is 0 Å². The Hall–Kier alpha value is -4.22. The fourth-order valence-electron chi connectivity index (χ4n) is 13.3. The van der Waals surface area contributed by atoms with Crippen molar-refractivity contribution >= 4 is 62.8 Å². The number of hydrogen-bond donors (Lipinski definition) is 6. The van der Waals surface area contributed by atoms with Crippen LogP contribution in [0.25, 0.3) is 0 Å². The van der Waals surface area contributed by atoms with Gasteiger partial charge in [0.2, 0.25) is 23.6 Å². The van der Waals surface area contributed by atoms with E-state index in [0.29, 0.717) is 89.9 Å². The fraction of sp³-hybridized carbons (Fsp3) is 0.867. The number of hydrogen-bond acceptors (Lipinski definition) is 18. The minimum absolute atomic E-state index is 0.101. The average Bonchev–Trinajstić information content (AvgIpc) is 0.904. The number of ketones is 2. The fourth-order valence-corrected chi connectivity index (χ4v) is 14.8. The van der Waals surface area contributed by atoms with E-state index in [9.17, 15) is 57.3 Å². The molecule has 0 aliphatic heterocycles. The van der Waals surface area contributed by atoms with Gasteiger partial charge in [-0.3, -0.25) is 56.5 Å². The highest BCUT2D eigenvalue weighted by atomic mass is 31.2. The van der Waals surface area contributed by atoms with Crippen LogP contribution in [0.4, 0.5) is 0 Å². The molecule has 26 heteroatoms. The second-order valence-electron chi connectivity index (χ2n) is 31.7. The minimum atomic E-state index is -4.71. The van der Waals surface area contributed by atoms with Crippen LogP contribution in [-0.4, -0.2) is 147 Å². The van der Waals surface area contributed by atoms with Crippen LogP contribution in [0.15, 0.2) is 24.3 Å². The zero-order valence-electron chi connectivity index (χ0n) is 73.8. The van der Waals surface area contributed by atoms with Gasteiger partial charge in [0.05, 0.1) is 77.8 Å². The topological polar surface area (TPSA) is 333 Å². The van der Waals surface area contributed by atoms with Crippen LogP contribution in [0, 0.1) is 0 Å². The molecule has 0 aromatic heterocycles. The number of phosphoric acid groups is 2. The predicted molar refractivity (Wildman–Crippen MR) is 465 cm³/mol. The number of carbonyl (C=O) groups is 8. The van der Waals surface area contributed by atoms with Crippen LogP contribution in [0.1, 0.15) is 414 Å². The van der Waals surface area contributed by atoms with Gasteiger partial charge in [0, 0.05) is 64.5 Å². The third kappa shape index (κ3) is 78.3. The molecule has 4 amide bonds. The van der Waals surface area contributed by atoms with Crippen LogP contribution in [0.5, 0.6) is 0 Å². The Morgan fingerprint density at radius 1 is 0.302 bits per heavy atom. The number of ether oxygens (including phenoxy) is 4. The highest BCUT2D eigenvalue weighted by molar-refractivity contribution is 7.47. The average molecular weight is 1690 g/mol. The number of unbranched alkanes of at least 4 members (excludes halogenated alkanes) is 37. The number of Topliss-reactive ketones (excluding diaryl/α,β-unsaturated/α-hetero) is 2. The summed E-state index contributed by atoms with van der Waals surface area (Å²) in [6, 6.07) is -1.88. The van der Waals surface area contributed by atoms with Gasteiger partial charge in [0.15, 0.2) is 0 Å². The summed E-state index contributed by atoms with van der Waals surface area (Å²) in [6.45, 7) is 11.3. The van der Waals surface area contributed by atoms with Crippen molar-refractivity contribution in [3.8, 4) is 0 Å². The lowest BCUT2D eigenvalue weighted by Gasteiger charge is -2.22. The Balaban J connectivity index is 5.36. The highest BCUT2D eigenvalue weighted by Gasteiger charge is 2.28. The van der Waals surface area contributed by atoms with E-state index in [1.54, 1.807) is 0 Å². The Morgan fingerprint density at radius 2 is 0.586 bits per heavy atom. The van der Waals surface area contributed by atoms with Gasteiger partial charge in [0.25, 0.3) is 0 Å². The van der Waals surface area contributed by atoms with Gasteiger partial charge in [-0.25, -0.2) is 9.13 Å². The molecular formula is C90H168N4O20P2. The lowest BCUT2D eigenvalue weighted by atomic mass is 10.0. The maximum atomic E-state index is 13.2. The molecule has 0 radical (unpaired) electrons. The van der Waals surface area contributed by atoms with Gasteiger partial charge < -0.3 is 50.0 Å². The first-order chi connectivity index (χ1) is 56.2. The van der Waals surface area contributed by atoms with Gasteiger partial charge in [-0.05, 0) is 103 Å². The first-order valence-electron chi connectivity index (χ1n) is 46.4. The molecule has 0 saturated carbocycles. The number of rotatable bonds is 89. The summed E-state index contributed by atoms with van der Waals surface area (Å²) >= 11 is 0. The molecule has 0 spiro atoms. The molecule has 0 fully saturated rings. The number of phosphoric ester groups is 2. The Bertz CT molecular complexity index is 2410. The van der Waals surface area contributed by atoms with Gasteiger partial charge in [-0.2, -0.15) is 0 Å². The van der Waals surface area contributed by atoms with Crippen LogP contribution >= 0.6 is 15.6 Å². The molecule has 0 heterocycles. The third-order valence-electron chi connectivity index (χ3n) is 20.3. The van der Waals surface area contributed by atoms with E-state index in [-0.39, 0.29) is 139 Å². The molecule has 0 aromatic carbocycles. The number of allylic oxidation sites excluding steroid dienone is 4. The molecule has 116 heavy (non-hydrogen) atoms. The van der Waals surface area contributed by atoms with E-state index in [2.05, 4.69) is 87.1 Å². The van der Waals surface area contributed by atoms with E-state index >= 15 is 0 Å². The van der Waals surface area contributed by atoms with Crippen molar-refractivity contribution in [2.45, 2.75) is 438 Å². The van der Waals surface area contributed by atoms with Crippen LogP contribution in [0.3, 0.4) is 0 Å². The van der Waals surface area contributed by atoms with E-state index in [1.165, 1.54) is 116 Å². The van der Waals surface area contributed by atoms with Gasteiger partial charge in [-0.15, -0.1) is 0 Å². The number of esters is 2. The smallest absolute Gasteiger partial charge is 0.462 e. The van der Waals surface area contributed by atoms with Crippen molar-refractivity contribution < 1.29 is 94.3 Å². The molecule has 0 aliphatic rings. The summed E-state index contributed by atoms with van der Waals surface area (Å²) in [7, 11) is -9.42.